The lowest BCUT2D eigenvalue weighted by Crippen LogP contribution is -2.45. The first-order valence-corrected chi connectivity index (χ1v) is 20.4. The van der Waals surface area contributed by atoms with Crippen LogP contribution in [0, 0.1) is 0 Å². The fourth-order valence-electron chi connectivity index (χ4n) is 6.34. The van der Waals surface area contributed by atoms with Gasteiger partial charge in [0.2, 0.25) is 5.91 Å². The summed E-state index contributed by atoms with van der Waals surface area (Å²) in [7, 11) is 0. The van der Waals surface area contributed by atoms with E-state index in [-0.39, 0.29) is 12.5 Å². The highest BCUT2D eigenvalue weighted by Gasteiger charge is 2.19. The first-order valence-electron chi connectivity index (χ1n) is 20.4. The van der Waals surface area contributed by atoms with Gasteiger partial charge in [0, 0.05) is 6.42 Å². The van der Waals surface area contributed by atoms with Crippen molar-refractivity contribution in [1.82, 2.24) is 5.32 Å². The van der Waals surface area contributed by atoms with Crippen molar-refractivity contribution in [2.45, 2.75) is 238 Å². The topological polar surface area (TPSA) is 69.6 Å². The summed E-state index contributed by atoms with van der Waals surface area (Å²) < 4.78 is 0. The van der Waals surface area contributed by atoms with E-state index in [0.29, 0.717) is 12.8 Å². The molecule has 0 saturated carbocycles. The number of carbonyl (C=O) groups is 1. The quantitative estimate of drug-likeness (QED) is 0.0470. The molecule has 4 nitrogen and oxygen atoms in total. The minimum absolute atomic E-state index is 0.0407. The van der Waals surface area contributed by atoms with Crippen molar-refractivity contribution in [2.24, 2.45) is 0 Å². The van der Waals surface area contributed by atoms with E-state index >= 15 is 0 Å². The summed E-state index contributed by atoms with van der Waals surface area (Å²) in [6.07, 6.45) is 45.7. The Kier molecular flexibility index (Phi) is 36.9. The van der Waals surface area contributed by atoms with Crippen LogP contribution < -0.4 is 5.32 Å². The van der Waals surface area contributed by atoms with Crippen LogP contribution in [0.1, 0.15) is 226 Å². The molecule has 3 N–H and O–H groups in total. The molecule has 0 aliphatic heterocycles. The van der Waals surface area contributed by atoms with E-state index in [9.17, 15) is 15.0 Å². The van der Waals surface area contributed by atoms with Gasteiger partial charge in [-0.25, -0.2) is 0 Å². The molecule has 0 aromatic carbocycles. The minimum Gasteiger partial charge on any atom is -0.394 e. The standard InChI is InChI=1S/C41H81NO3/c1-3-5-7-9-11-13-15-16-17-18-19-20-21-22-23-24-25-27-28-30-32-34-36-40(44)39(38-43)42-41(45)37-35-33-31-29-26-14-12-10-8-6-4-2/h10,12,39-40,43-44H,3-9,11,13-38H2,1-2H3,(H,42,45)/b12-10-. The summed E-state index contributed by atoms with van der Waals surface area (Å²) in [5, 5.41) is 23.1. The summed E-state index contributed by atoms with van der Waals surface area (Å²) in [6.45, 7) is 4.32. The van der Waals surface area contributed by atoms with Crippen LogP contribution in [0.2, 0.25) is 0 Å². The van der Waals surface area contributed by atoms with Crippen molar-refractivity contribution in [3.05, 3.63) is 12.2 Å². The number of hydrogen-bond acceptors (Lipinski definition) is 3. The van der Waals surface area contributed by atoms with Gasteiger partial charge in [-0.2, -0.15) is 0 Å². The van der Waals surface area contributed by atoms with E-state index in [2.05, 4.69) is 31.3 Å². The van der Waals surface area contributed by atoms with Crippen LogP contribution in [0.4, 0.5) is 0 Å². The zero-order valence-corrected chi connectivity index (χ0v) is 30.7. The largest absolute Gasteiger partial charge is 0.394 e. The smallest absolute Gasteiger partial charge is 0.220 e. The van der Waals surface area contributed by atoms with Crippen LogP contribution in [0.5, 0.6) is 0 Å². The predicted molar refractivity (Wildman–Crippen MR) is 198 cm³/mol. The molecule has 0 aromatic rings. The SMILES string of the molecule is CCCC/C=C\CCCCCCCC(=O)NC(CO)C(O)CCCCCCCCCCCCCCCCCCCCCCCC. The molecule has 2 unspecified atom stereocenters. The van der Waals surface area contributed by atoms with Gasteiger partial charge in [0.05, 0.1) is 18.8 Å². The zero-order chi connectivity index (χ0) is 32.9. The van der Waals surface area contributed by atoms with Gasteiger partial charge < -0.3 is 15.5 Å². The molecular formula is C41H81NO3. The van der Waals surface area contributed by atoms with Crippen LogP contribution >= 0.6 is 0 Å². The Morgan fingerprint density at radius 3 is 1.29 bits per heavy atom. The fourth-order valence-corrected chi connectivity index (χ4v) is 6.34. The molecule has 268 valence electrons. The van der Waals surface area contributed by atoms with E-state index in [1.807, 2.05) is 0 Å². The van der Waals surface area contributed by atoms with Crippen LogP contribution in [-0.2, 0) is 4.79 Å². The number of amides is 1. The number of hydrogen-bond donors (Lipinski definition) is 3. The highest BCUT2D eigenvalue weighted by Crippen LogP contribution is 2.16. The van der Waals surface area contributed by atoms with Crippen LogP contribution in [0.3, 0.4) is 0 Å². The molecule has 0 aromatic heterocycles. The summed E-state index contributed by atoms with van der Waals surface area (Å²) in [5.41, 5.74) is 0. The molecule has 0 aliphatic rings. The van der Waals surface area contributed by atoms with Crippen LogP contribution in [-0.4, -0.2) is 34.9 Å². The third-order valence-corrected chi connectivity index (χ3v) is 9.53. The summed E-state index contributed by atoms with van der Waals surface area (Å²) in [4.78, 5) is 12.3. The Labute approximate surface area is 282 Å². The Bertz CT molecular complexity index is 608. The number of carbonyl (C=O) groups excluding carboxylic acids is 1. The van der Waals surface area contributed by atoms with Gasteiger partial charge in [-0.05, 0) is 32.1 Å². The molecule has 0 rings (SSSR count). The molecule has 0 fully saturated rings. The average Bonchev–Trinajstić information content (AvgIpc) is 3.04. The van der Waals surface area contributed by atoms with Gasteiger partial charge in [0.25, 0.3) is 0 Å². The number of allylic oxidation sites excluding steroid dienone is 2. The lowest BCUT2D eigenvalue weighted by molar-refractivity contribution is -0.123. The second-order valence-corrected chi connectivity index (χ2v) is 14.1. The molecule has 45 heavy (non-hydrogen) atoms. The Hall–Kier alpha value is -0.870. The lowest BCUT2D eigenvalue weighted by atomic mass is 10.0. The molecule has 4 heteroatoms. The van der Waals surface area contributed by atoms with Crippen molar-refractivity contribution < 1.29 is 15.0 Å². The summed E-state index contributed by atoms with van der Waals surface area (Å²) >= 11 is 0. The predicted octanol–water partition coefficient (Wildman–Crippen LogP) is 12.3. The van der Waals surface area contributed by atoms with Crippen molar-refractivity contribution in [3.63, 3.8) is 0 Å². The number of nitrogens with one attached hydrogen (secondary N) is 1. The zero-order valence-electron chi connectivity index (χ0n) is 30.7. The second kappa shape index (κ2) is 37.6. The fraction of sp³-hybridized carbons (Fsp3) is 0.927. The number of aliphatic hydroxyl groups is 2. The van der Waals surface area contributed by atoms with Crippen molar-refractivity contribution in [2.75, 3.05) is 6.61 Å². The second-order valence-electron chi connectivity index (χ2n) is 14.1. The van der Waals surface area contributed by atoms with Crippen LogP contribution in [0.25, 0.3) is 0 Å². The lowest BCUT2D eigenvalue weighted by Gasteiger charge is -2.22. The van der Waals surface area contributed by atoms with Gasteiger partial charge in [-0.1, -0.05) is 199 Å². The first kappa shape index (κ1) is 44.1. The van der Waals surface area contributed by atoms with E-state index < -0.39 is 12.1 Å². The van der Waals surface area contributed by atoms with E-state index in [0.717, 1.165) is 25.7 Å². The minimum atomic E-state index is -0.658. The van der Waals surface area contributed by atoms with Crippen molar-refractivity contribution in [1.29, 1.82) is 0 Å². The van der Waals surface area contributed by atoms with Crippen molar-refractivity contribution in [3.8, 4) is 0 Å². The molecule has 0 spiro atoms. The normalized spacial score (nSPS) is 13.1. The van der Waals surface area contributed by atoms with Gasteiger partial charge in [0.1, 0.15) is 0 Å². The molecule has 0 radical (unpaired) electrons. The Morgan fingerprint density at radius 1 is 0.511 bits per heavy atom. The molecule has 0 aliphatic carbocycles. The molecule has 0 saturated heterocycles. The maximum atomic E-state index is 12.3. The monoisotopic (exact) mass is 636 g/mol. The van der Waals surface area contributed by atoms with E-state index in [4.69, 9.17) is 0 Å². The number of rotatable bonds is 37. The molecular weight excluding hydrogens is 554 g/mol. The van der Waals surface area contributed by atoms with Gasteiger partial charge >= 0.3 is 0 Å². The average molecular weight is 636 g/mol. The first-order chi connectivity index (χ1) is 22.2. The number of aliphatic hydroxyl groups excluding tert-OH is 2. The van der Waals surface area contributed by atoms with Crippen molar-refractivity contribution >= 4 is 5.91 Å². The molecule has 0 heterocycles. The van der Waals surface area contributed by atoms with Gasteiger partial charge in [-0.15, -0.1) is 0 Å². The third kappa shape index (κ3) is 34.3. The maximum absolute atomic E-state index is 12.3. The maximum Gasteiger partial charge on any atom is 0.220 e. The Morgan fingerprint density at radius 2 is 0.867 bits per heavy atom. The summed E-state index contributed by atoms with van der Waals surface area (Å²) in [6, 6.07) is -0.535. The number of unbranched alkanes of at least 4 members (excludes halogenated alkanes) is 28. The third-order valence-electron chi connectivity index (χ3n) is 9.53. The highest BCUT2D eigenvalue weighted by molar-refractivity contribution is 5.76. The van der Waals surface area contributed by atoms with E-state index in [1.165, 1.54) is 173 Å². The van der Waals surface area contributed by atoms with Gasteiger partial charge in [0.15, 0.2) is 0 Å². The summed E-state index contributed by atoms with van der Waals surface area (Å²) in [5.74, 6) is -0.0407. The highest BCUT2D eigenvalue weighted by atomic mass is 16.3. The van der Waals surface area contributed by atoms with Gasteiger partial charge in [-0.3, -0.25) is 4.79 Å². The molecule has 0 bridgehead atoms. The van der Waals surface area contributed by atoms with Crippen LogP contribution in [0.15, 0.2) is 12.2 Å². The molecule has 2 atom stereocenters. The molecule has 1 amide bonds. The Balaban J connectivity index is 3.47. The van der Waals surface area contributed by atoms with E-state index in [1.54, 1.807) is 0 Å².